The molecule has 1 aromatic heterocycles. The molecule has 1 N–H and O–H groups in total. The van der Waals surface area contributed by atoms with Crippen LogP contribution in [0.1, 0.15) is 11.1 Å². The number of amidine groups is 1. The summed E-state index contributed by atoms with van der Waals surface area (Å²) < 4.78 is 26.7. The van der Waals surface area contributed by atoms with Gasteiger partial charge in [-0.3, -0.25) is 9.83 Å². The van der Waals surface area contributed by atoms with Crippen molar-refractivity contribution in [2.24, 2.45) is 10.1 Å². The van der Waals surface area contributed by atoms with Gasteiger partial charge in [-0.2, -0.15) is 14.4 Å². The molecule has 0 atom stereocenters. The van der Waals surface area contributed by atoms with Crippen molar-refractivity contribution in [1.82, 2.24) is 15.4 Å². The number of para-hydroxylation sites is 2. The molecule has 0 spiro atoms. The zero-order valence-electron chi connectivity index (χ0n) is 17.7. The van der Waals surface area contributed by atoms with Gasteiger partial charge < -0.3 is 14.3 Å². The van der Waals surface area contributed by atoms with Gasteiger partial charge in [0.15, 0.2) is 11.5 Å². The molecule has 2 heterocycles. The third-order valence-electron chi connectivity index (χ3n) is 4.46. The van der Waals surface area contributed by atoms with Gasteiger partial charge in [-0.15, -0.1) is 0 Å². The lowest BCUT2D eigenvalue weighted by molar-refractivity contribution is 0.0836. The number of nitrogens with one attached hydrogen (secondary N) is 1. The third kappa shape index (κ3) is 4.96. The van der Waals surface area contributed by atoms with Gasteiger partial charge in [0.25, 0.3) is 11.8 Å². The van der Waals surface area contributed by atoms with Gasteiger partial charge in [-0.05, 0) is 18.2 Å². The van der Waals surface area contributed by atoms with Gasteiger partial charge in [-0.1, -0.05) is 48.1 Å². The molecule has 0 fully saturated rings. The Labute approximate surface area is 189 Å². The van der Waals surface area contributed by atoms with Gasteiger partial charge in [-0.25, -0.2) is 5.48 Å². The largest absolute Gasteiger partial charge is 0.436 e. The number of aliphatic imine (C=N–C) groups is 1. The van der Waals surface area contributed by atoms with Gasteiger partial charge in [0.1, 0.15) is 24.9 Å². The number of ether oxygens (including phenoxy) is 2. The van der Waals surface area contributed by atoms with Crippen LogP contribution in [0.15, 0.2) is 71.6 Å². The maximum Gasteiger partial charge on any atom is 0.263 e. The molecular weight excluding hydrogens is 429 g/mol. The van der Waals surface area contributed by atoms with Crippen LogP contribution in [0.4, 0.5) is 4.39 Å². The Balaban J connectivity index is 1.67. The first-order chi connectivity index (χ1) is 16.2. The highest BCUT2D eigenvalue weighted by molar-refractivity contribution is 6.47. The summed E-state index contributed by atoms with van der Waals surface area (Å²) in [6.45, 7) is 4.60. The Hall–Kier alpha value is -4.31. The lowest BCUT2D eigenvalue weighted by atomic mass is 10.1. The first kappa shape index (κ1) is 21.9. The van der Waals surface area contributed by atoms with Crippen LogP contribution >= 0.6 is 0 Å². The van der Waals surface area contributed by atoms with Crippen molar-refractivity contribution in [3.05, 3.63) is 78.4 Å². The number of hydroxylamine groups is 1. The highest BCUT2D eigenvalue weighted by Crippen LogP contribution is 2.32. The summed E-state index contributed by atoms with van der Waals surface area (Å²) in [5.41, 5.74) is 4.19. The van der Waals surface area contributed by atoms with E-state index >= 15 is 4.39 Å². The van der Waals surface area contributed by atoms with E-state index < -0.39 is 5.82 Å². The standard InChI is InChI=1S/C23H20FN5O4/c1-3-15-8-4-6-10-17(15)32-22-19(24)23(27-14-26-22)33-18-11-7-5-9-16(18)20(28-30-2)21-25-12-13-31-29-21/h3-11,14H,1,12-13H2,2H3,(H,25,29). The van der Waals surface area contributed by atoms with Crippen molar-refractivity contribution >= 4 is 17.6 Å². The fourth-order valence-electron chi connectivity index (χ4n) is 2.97. The topological polar surface area (TPSA) is 99.5 Å². The molecule has 0 bridgehead atoms. The fraction of sp³-hybridized carbons (Fsp3) is 0.130. The Morgan fingerprint density at radius 3 is 2.48 bits per heavy atom. The zero-order valence-corrected chi connectivity index (χ0v) is 17.7. The Bertz CT molecular complexity index is 1210. The Kier molecular flexibility index (Phi) is 6.86. The number of oxime groups is 1. The molecule has 3 aromatic rings. The quantitative estimate of drug-likeness (QED) is 0.408. The number of hydrogen-bond donors (Lipinski definition) is 1. The summed E-state index contributed by atoms with van der Waals surface area (Å²) in [4.78, 5) is 22.4. The molecular formula is C23H20FN5O4. The van der Waals surface area contributed by atoms with E-state index in [4.69, 9.17) is 19.1 Å². The van der Waals surface area contributed by atoms with Gasteiger partial charge in [0, 0.05) is 5.56 Å². The summed E-state index contributed by atoms with van der Waals surface area (Å²) in [5.74, 6) is -0.467. The van der Waals surface area contributed by atoms with Gasteiger partial charge in [0.05, 0.1) is 18.7 Å². The van der Waals surface area contributed by atoms with Crippen molar-refractivity contribution < 1.29 is 23.5 Å². The summed E-state index contributed by atoms with van der Waals surface area (Å²) >= 11 is 0. The monoisotopic (exact) mass is 449 g/mol. The normalized spacial score (nSPS) is 13.5. The minimum atomic E-state index is -0.868. The van der Waals surface area contributed by atoms with Crippen LogP contribution in [0, 0.1) is 5.82 Å². The lowest BCUT2D eigenvalue weighted by Gasteiger charge is -2.17. The number of halogens is 1. The number of rotatable bonds is 8. The first-order valence-electron chi connectivity index (χ1n) is 9.92. The fourth-order valence-corrected chi connectivity index (χ4v) is 2.97. The van der Waals surface area contributed by atoms with E-state index in [9.17, 15) is 0 Å². The molecule has 1 aliphatic heterocycles. The molecule has 0 unspecified atom stereocenters. The maximum absolute atomic E-state index is 15.2. The van der Waals surface area contributed by atoms with E-state index in [-0.39, 0.29) is 17.5 Å². The molecule has 0 radical (unpaired) electrons. The second kappa shape index (κ2) is 10.3. The molecule has 2 aromatic carbocycles. The zero-order chi connectivity index (χ0) is 23.0. The van der Waals surface area contributed by atoms with Gasteiger partial charge in [0.2, 0.25) is 5.82 Å². The van der Waals surface area contributed by atoms with E-state index in [2.05, 4.69) is 32.2 Å². The van der Waals surface area contributed by atoms with Crippen LogP contribution in [0.2, 0.25) is 0 Å². The van der Waals surface area contributed by atoms with Crippen molar-refractivity contribution in [3.63, 3.8) is 0 Å². The average Bonchev–Trinajstić information content (AvgIpc) is 2.86. The molecule has 0 amide bonds. The van der Waals surface area contributed by atoms with E-state index in [1.165, 1.54) is 7.11 Å². The van der Waals surface area contributed by atoms with Crippen LogP contribution in [0.5, 0.6) is 23.3 Å². The molecule has 4 rings (SSSR count). The first-order valence-corrected chi connectivity index (χ1v) is 9.92. The van der Waals surface area contributed by atoms with Crippen LogP contribution in [-0.4, -0.2) is 41.8 Å². The summed E-state index contributed by atoms with van der Waals surface area (Å²) in [6, 6.07) is 13.9. The predicted octanol–water partition coefficient (Wildman–Crippen LogP) is 4.13. The van der Waals surface area contributed by atoms with E-state index in [0.29, 0.717) is 41.6 Å². The maximum atomic E-state index is 15.2. The van der Waals surface area contributed by atoms with Crippen LogP contribution in [-0.2, 0) is 9.68 Å². The highest BCUT2D eigenvalue weighted by Gasteiger charge is 2.22. The third-order valence-corrected chi connectivity index (χ3v) is 4.46. The number of hydrogen-bond acceptors (Lipinski definition) is 9. The van der Waals surface area contributed by atoms with Crippen molar-refractivity contribution in [2.75, 3.05) is 20.3 Å². The molecule has 10 heteroatoms. The minimum absolute atomic E-state index is 0.262. The highest BCUT2D eigenvalue weighted by atomic mass is 19.1. The van der Waals surface area contributed by atoms with E-state index in [1.807, 2.05) is 6.07 Å². The van der Waals surface area contributed by atoms with E-state index in [1.54, 1.807) is 48.5 Å². The van der Waals surface area contributed by atoms with Crippen molar-refractivity contribution in [3.8, 4) is 23.3 Å². The molecule has 0 saturated carbocycles. The summed E-state index contributed by atoms with van der Waals surface area (Å²) in [6.07, 6.45) is 2.75. The summed E-state index contributed by atoms with van der Waals surface area (Å²) in [7, 11) is 1.41. The van der Waals surface area contributed by atoms with Crippen molar-refractivity contribution in [2.45, 2.75) is 0 Å². The van der Waals surface area contributed by atoms with Crippen molar-refractivity contribution in [1.29, 1.82) is 0 Å². The molecule has 0 aliphatic carbocycles. The minimum Gasteiger partial charge on any atom is -0.436 e. The second-order valence-electron chi connectivity index (χ2n) is 6.54. The Morgan fingerprint density at radius 1 is 1.09 bits per heavy atom. The second-order valence-corrected chi connectivity index (χ2v) is 6.54. The predicted molar refractivity (Wildman–Crippen MR) is 120 cm³/mol. The molecule has 33 heavy (non-hydrogen) atoms. The van der Waals surface area contributed by atoms with E-state index in [0.717, 1.165) is 6.33 Å². The van der Waals surface area contributed by atoms with Crippen LogP contribution in [0.25, 0.3) is 6.08 Å². The Morgan fingerprint density at radius 2 is 1.79 bits per heavy atom. The van der Waals surface area contributed by atoms with Crippen LogP contribution < -0.4 is 15.0 Å². The van der Waals surface area contributed by atoms with Gasteiger partial charge >= 0.3 is 0 Å². The molecule has 9 nitrogen and oxygen atoms in total. The number of nitrogens with zero attached hydrogens (tertiary/aromatic N) is 4. The van der Waals surface area contributed by atoms with Crippen LogP contribution in [0.3, 0.4) is 0 Å². The number of benzene rings is 2. The lowest BCUT2D eigenvalue weighted by Crippen LogP contribution is -2.37. The summed E-state index contributed by atoms with van der Waals surface area (Å²) in [5, 5.41) is 4.04. The average molecular weight is 449 g/mol. The molecule has 1 aliphatic rings. The SMILES string of the molecule is C=Cc1ccccc1Oc1ncnc(Oc2ccccc2C(=NOC)C2=NCCON2)c1F. The smallest absolute Gasteiger partial charge is 0.263 e. The molecule has 0 saturated heterocycles. The molecule has 168 valence electrons. The number of aromatic nitrogens is 2.